The number of nitrogens with zero attached hydrogens (tertiary/aromatic N) is 1. The molecule has 0 radical (unpaired) electrons. The highest BCUT2D eigenvalue weighted by molar-refractivity contribution is 6.76. The molecule has 0 aliphatic carbocycles. The molecule has 21 heavy (non-hydrogen) atoms. The maximum atomic E-state index is 12.1. The lowest BCUT2D eigenvalue weighted by Gasteiger charge is -2.44. The minimum atomic E-state index is -1.11. The Morgan fingerprint density at radius 2 is 1.71 bits per heavy atom. The van der Waals surface area contributed by atoms with Gasteiger partial charge in [-0.3, -0.25) is 0 Å². The Morgan fingerprint density at radius 3 is 2.24 bits per heavy atom. The smallest absolute Gasteiger partial charge is 0.409 e. The van der Waals surface area contributed by atoms with Gasteiger partial charge in [0.15, 0.2) is 0 Å². The van der Waals surface area contributed by atoms with Crippen molar-refractivity contribution in [3.63, 3.8) is 0 Å². The van der Waals surface area contributed by atoms with E-state index in [-0.39, 0.29) is 18.5 Å². The van der Waals surface area contributed by atoms with Crippen LogP contribution in [0.4, 0.5) is 4.79 Å². The summed E-state index contributed by atoms with van der Waals surface area (Å²) in [6.45, 7) is 11.6. The van der Waals surface area contributed by atoms with Crippen LogP contribution in [0.25, 0.3) is 0 Å². The van der Waals surface area contributed by atoms with Gasteiger partial charge in [-0.1, -0.05) is 19.6 Å². The van der Waals surface area contributed by atoms with Gasteiger partial charge in [0.1, 0.15) is 0 Å². The number of hydrogen-bond donors (Lipinski definition) is 1. The van der Waals surface area contributed by atoms with E-state index in [1.54, 1.807) is 0 Å². The van der Waals surface area contributed by atoms with Gasteiger partial charge in [-0.2, -0.15) is 0 Å². The number of ether oxygens (including phenoxy) is 1. The average Bonchev–Trinajstić information content (AvgIpc) is 2.39. The zero-order valence-electron chi connectivity index (χ0n) is 13.7. The van der Waals surface area contributed by atoms with Crippen LogP contribution in [0.15, 0.2) is 0 Å². The predicted molar refractivity (Wildman–Crippen MR) is 92.1 cm³/mol. The SMILES string of the molecule is C[Si](C)(C)CCOC(=O)N1CCC2(CCNCC2)CC1.Cl. The summed E-state index contributed by atoms with van der Waals surface area (Å²) in [4.78, 5) is 14.0. The molecule has 6 heteroatoms. The Balaban J connectivity index is 0.00000220. The molecule has 0 aromatic carbocycles. The van der Waals surface area contributed by atoms with Gasteiger partial charge in [0, 0.05) is 21.2 Å². The van der Waals surface area contributed by atoms with Gasteiger partial charge in [0.05, 0.1) is 6.61 Å². The van der Waals surface area contributed by atoms with Gasteiger partial charge in [0.2, 0.25) is 0 Å². The van der Waals surface area contributed by atoms with E-state index in [2.05, 4.69) is 25.0 Å². The van der Waals surface area contributed by atoms with E-state index in [0.717, 1.165) is 45.1 Å². The lowest BCUT2D eigenvalue weighted by molar-refractivity contribution is 0.0540. The summed E-state index contributed by atoms with van der Waals surface area (Å²) in [5.41, 5.74) is 0.500. The average molecular weight is 335 g/mol. The molecule has 0 unspecified atom stereocenters. The maximum Gasteiger partial charge on any atom is 0.409 e. The summed E-state index contributed by atoms with van der Waals surface area (Å²) in [6.07, 6.45) is 4.75. The highest BCUT2D eigenvalue weighted by atomic mass is 35.5. The summed E-state index contributed by atoms with van der Waals surface area (Å²) >= 11 is 0. The number of halogens is 1. The fourth-order valence-electron chi connectivity index (χ4n) is 3.16. The van der Waals surface area contributed by atoms with Crippen molar-refractivity contribution >= 4 is 26.6 Å². The minimum Gasteiger partial charge on any atom is -0.450 e. The molecule has 1 amide bonds. The van der Waals surface area contributed by atoms with Crippen LogP contribution in [0, 0.1) is 5.41 Å². The van der Waals surface area contributed by atoms with Crippen molar-refractivity contribution in [2.75, 3.05) is 32.8 Å². The molecule has 2 saturated heterocycles. The standard InChI is InChI=1S/C15H30N2O2Si.ClH/c1-20(2,3)13-12-19-14(18)17-10-6-15(7-11-17)4-8-16-9-5-15;/h16H,4-13H2,1-3H3;1H. The van der Waals surface area contributed by atoms with Crippen molar-refractivity contribution in [3.05, 3.63) is 0 Å². The second-order valence-electron chi connectivity index (χ2n) is 7.66. The molecule has 2 aliphatic rings. The fraction of sp³-hybridized carbons (Fsp3) is 0.933. The van der Waals surface area contributed by atoms with E-state index in [9.17, 15) is 4.79 Å². The number of likely N-dealkylation sites (tertiary alicyclic amines) is 1. The molecule has 4 nitrogen and oxygen atoms in total. The van der Waals surface area contributed by atoms with Crippen LogP contribution in [0.5, 0.6) is 0 Å². The number of carbonyl (C=O) groups is 1. The minimum absolute atomic E-state index is 0. The van der Waals surface area contributed by atoms with Crippen LogP contribution >= 0.6 is 12.4 Å². The van der Waals surface area contributed by atoms with Crippen LogP contribution in [0.1, 0.15) is 25.7 Å². The molecule has 2 heterocycles. The highest BCUT2D eigenvalue weighted by Crippen LogP contribution is 2.39. The highest BCUT2D eigenvalue weighted by Gasteiger charge is 2.37. The first-order chi connectivity index (χ1) is 9.40. The molecule has 0 saturated carbocycles. The number of piperidine rings is 2. The number of hydrogen-bond acceptors (Lipinski definition) is 3. The van der Waals surface area contributed by atoms with Crippen LogP contribution in [0.2, 0.25) is 25.7 Å². The molecule has 0 aromatic rings. The number of carbonyl (C=O) groups excluding carboxylic acids is 1. The van der Waals surface area contributed by atoms with Gasteiger partial charge in [0.25, 0.3) is 0 Å². The van der Waals surface area contributed by atoms with Gasteiger partial charge in [-0.15, -0.1) is 12.4 Å². The van der Waals surface area contributed by atoms with E-state index in [1.807, 2.05) is 4.90 Å². The van der Waals surface area contributed by atoms with Crippen LogP contribution < -0.4 is 5.32 Å². The van der Waals surface area contributed by atoms with Gasteiger partial charge < -0.3 is 15.0 Å². The number of nitrogens with one attached hydrogen (secondary N) is 1. The van der Waals surface area contributed by atoms with Crippen LogP contribution in [0.3, 0.4) is 0 Å². The second kappa shape index (κ2) is 7.84. The Morgan fingerprint density at radius 1 is 1.14 bits per heavy atom. The number of rotatable bonds is 3. The molecule has 1 N–H and O–H groups in total. The Kier molecular flexibility index (Phi) is 7.01. The zero-order chi connectivity index (χ0) is 14.6. The quantitative estimate of drug-likeness (QED) is 0.805. The van der Waals surface area contributed by atoms with Crippen molar-refractivity contribution < 1.29 is 9.53 Å². The predicted octanol–water partition coefficient (Wildman–Crippen LogP) is 3.35. The molecule has 0 aromatic heterocycles. The lowest BCUT2D eigenvalue weighted by atomic mass is 9.72. The van der Waals surface area contributed by atoms with Gasteiger partial charge in [-0.05, 0) is 50.2 Å². The summed E-state index contributed by atoms with van der Waals surface area (Å²) in [5.74, 6) is 0. The maximum absolute atomic E-state index is 12.1. The van der Waals surface area contributed by atoms with Gasteiger partial charge >= 0.3 is 6.09 Å². The molecule has 124 valence electrons. The topological polar surface area (TPSA) is 41.6 Å². The molecule has 2 aliphatic heterocycles. The Labute approximate surface area is 136 Å². The fourth-order valence-corrected chi connectivity index (χ4v) is 3.87. The van der Waals surface area contributed by atoms with Crippen molar-refractivity contribution in [1.29, 1.82) is 0 Å². The van der Waals surface area contributed by atoms with Crippen LogP contribution in [-0.2, 0) is 4.74 Å². The molecular weight excluding hydrogens is 304 g/mol. The van der Waals surface area contributed by atoms with Crippen molar-refractivity contribution in [2.45, 2.75) is 51.4 Å². The molecule has 0 atom stereocenters. The zero-order valence-corrected chi connectivity index (χ0v) is 15.6. The molecular formula is C15H31ClN2O2Si. The third kappa shape index (κ3) is 5.79. The third-order valence-corrected chi connectivity index (χ3v) is 6.53. The second-order valence-corrected chi connectivity index (χ2v) is 13.3. The largest absolute Gasteiger partial charge is 0.450 e. The van der Waals surface area contributed by atoms with E-state index in [1.165, 1.54) is 12.8 Å². The lowest BCUT2D eigenvalue weighted by Crippen LogP contribution is -2.47. The molecule has 1 spiro atoms. The van der Waals surface area contributed by atoms with Crippen molar-refractivity contribution in [1.82, 2.24) is 10.2 Å². The molecule has 2 fully saturated rings. The Hall–Kier alpha value is -0.263. The van der Waals surface area contributed by atoms with E-state index >= 15 is 0 Å². The van der Waals surface area contributed by atoms with E-state index in [4.69, 9.17) is 4.74 Å². The molecule has 2 rings (SSSR count). The number of amides is 1. The van der Waals surface area contributed by atoms with Crippen LogP contribution in [-0.4, -0.2) is 51.9 Å². The van der Waals surface area contributed by atoms with Gasteiger partial charge in [-0.25, -0.2) is 4.79 Å². The molecule has 0 bridgehead atoms. The van der Waals surface area contributed by atoms with E-state index < -0.39 is 8.07 Å². The van der Waals surface area contributed by atoms with Crippen molar-refractivity contribution in [3.8, 4) is 0 Å². The summed E-state index contributed by atoms with van der Waals surface area (Å²) < 4.78 is 5.44. The van der Waals surface area contributed by atoms with E-state index in [0.29, 0.717) is 12.0 Å². The first-order valence-electron chi connectivity index (χ1n) is 8.03. The Bertz CT molecular complexity index is 331. The summed E-state index contributed by atoms with van der Waals surface area (Å²) in [7, 11) is -1.11. The monoisotopic (exact) mass is 334 g/mol. The first-order valence-corrected chi connectivity index (χ1v) is 11.7. The summed E-state index contributed by atoms with van der Waals surface area (Å²) in [5, 5.41) is 3.43. The normalized spacial score (nSPS) is 21.8. The first kappa shape index (κ1) is 18.8. The third-order valence-electron chi connectivity index (χ3n) is 4.82. The van der Waals surface area contributed by atoms with Crippen molar-refractivity contribution in [2.24, 2.45) is 5.41 Å². The summed E-state index contributed by atoms with van der Waals surface area (Å²) in [6, 6.07) is 1.06.